The van der Waals surface area contributed by atoms with Crippen LogP contribution in [-0.4, -0.2) is 22.6 Å². The Morgan fingerprint density at radius 2 is 2.10 bits per heavy atom. The lowest BCUT2D eigenvalue weighted by atomic mass is 10.3. The predicted molar refractivity (Wildman–Crippen MR) is 87.9 cm³/mol. The highest BCUT2D eigenvalue weighted by Gasteiger charge is 2.11. The average Bonchev–Trinajstić information content (AvgIpc) is 2.49. The van der Waals surface area contributed by atoms with Gasteiger partial charge < -0.3 is 10.6 Å². The fourth-order valence-corrected chi connectivity index (χ4v) is 2.11. The minimum absolute atomic E-state index is 0.230. The molecule has 110 valence electrons. The van der Waals surface area contributed by atoms with Crippen molar-refractivity contribution in [2.24, 2.45) is 0 Å². The van der Waals surface area contributed by atoms with E-state index in [1.807, 2.05) is 0 Å². The highest BCUT2D eigenvalue weighted by Crippen LogP contribution is 2.26. The summed E-state index contributed by atoms with van der Waals surface area (Å²) in [6, 6.07) is 8.56. The molecule has 0 saturated carbocycles. The lowest BCUT2D eigenvalue weighted by Gasteiger charge is -2.07. The molecule has 0 bridgehead atoms. The Kier molecular flexibility index (Phi) is 5.52. The largest absolute Gasteiger partial charge is 0.369 e. The first-order chi connectivity index (χ1) is 10.1. The van der Waals surface area contributed by atoms with Gasteiger partial charge in [-0.25, -0.2) is 0 Å². The van der Waals surface area contributed by atoms with E-state index in [1.54, 1.807) is 30.3 Å². The molecule has 0 saturated heterocycles. The third-order valence-corrected chi connectivity index (χ3v) is 3.45. The number of rotatable bonds is 5. The van der Waals surface area contributed by atoms with Crippen LogP contribution in [-0.2, 0) is 0 Å². The number of nitrogens with zero attached hydrogens (tertiary/aromatic N) is 2. The Balaban J connectivity index is 2.07. The van der Waals surface area contributed by atoms with Gasteiger partial charge in [-0.05, 0) is 36.8 Å². The van der Waals surface area contributed by atoms with Crippen LogP contribution in [0.25, 0.3) is 0 Å². The molecule has 0 fully saturated rings. The molecule has 0 atom stereocenters. The van der Waals surface area contributed by atoms with Crippen LogP contribution in [0.4, 0.5) is 11.5 Å². The van der Waals surface area contributed by atoms with Crippen LogP contribution in [0.15, 0.2) is 34.8 Å². The molecule has 21 heavy (non-hydrogen) atoms. The van der Waals surface area contributed by atoms with Crippen LogP contribution in [0.3, 0.4) is 0 Å². The van der Waals surface area contributed by atoms with Crippen LogP contribution in [0.2, 0.25) is 5.02 Å². The van der Waals surface area contributed by atoms with Crippen molar-refractivity contribution in [1.82, 2.24) is 10.2 Å². The van der Waals surface area contributed by atoms with Gasteiger partial charge in [0, 0.05) is 11.0 Å². The number of benzene rings is 1. The van der Waals surface area contributed by atoms with Crippen LogP contribution in [0.5, 0.6) is 0 Å². The van der Waals surface area contributed by atoms with E-state index < -0.39 is 0 Å². The monoisotopic (exact) mass is 368 g/mol. The Labute approximate surface area is 136 Å². The van der Waals surface area contributed by atoms with Crippen LogP contribution in [0, 0.1) is 0 Å². The van der Waals surface area contributed by atoms with E-state index in [0.717, 1.165) is 17.4 Å². The summed E-state index contributed by atoms with van der Waals surface area (Å²) < 4.78 is 0.826. The molecule has 2 aromatic rings. The second-order valence-corrected chi connectivity index (χ2v) is 5.63. The van der Waals surface area contributed by atoms with E-state index in [0.29, 0.717) is 16.5 Å². The summed E-state index contributed by atoms with van der Waals surface area (Å²) in [5, 5.41) is 14.1. The number of nitrogens with one attached hydrogen (secondary N) is 2. The van der Waals surface area contributed by atoms with Crippen molar-refractivity contribution in [3.8, 4) is 0 Å². The third kappa shape index (κ3) is 4.41. The zero-order chi connectivity index (χ0) is 15.2. The summed E-state index contributed by atoms with van der Waals surface area (Å²) in [7, 11) is 0. The molecule has 0 unspecified atom stereocenters. The van der Waals surface area contributed by atoms with Gasteiger partial charge in [0.1, 0.15) is 5.82 Å². The molecule has 2 N–H and O–H groups in total. The van der Waals surface area contributed by atoms with Gasteiger partial charge in [-0.2, -0.15) is 0 Å². The Morgan fingerprint density at radius 3 is 2.76 bits per heavy atom. The minimum atomic E-state index is -0.357. The van der Waals surface area contributed by atoms with E-state index in [2.05, 4.69) is 43.7 Å². The predicted octanol–water partition coefficient (Wildman–Crippen LogP) is 3.97. The topological polar surface area (TPSA) is 66.9 Å². The van der Waals surface area contributed by atoms with Crippen molar-refractivity contribution in [3.63, 3.8) is 0 Å². The van der Waals surface area contributed by atoms with Gasteiger partial charge >= 0.3 is 0 Å². The molecule has 5 nitrogen and oxygen atoms in total. The molecule has 0 aliphatic heterocycles. The number of hydrogen-bond acceptors (Lipinski definition) is 4. The average molecular weight is 370 g/mol. The highest BCUT2D eigenvalue weighted by atomic mass is 79.9. The highest BCUT2D eigenvalue weighted by molar-refractivity contribution is 9.10. The van der Waals surface area contributed by atoms with Crippen LogP contribution >= 0.6 is 27.5 Å². The van der Waals surface area contributed by atoms with Crippen molar-refractivity contribution in [1.29, 1.82) is 0 Å². The molecular weight excluding hydrogens is 356 g/mol. The molecule has 1 heterocycles. The molecule has 1 aromatic carbocycles. The van der Waals surface area contributed by atoms with Gasteiger partial charge in [-0.15, -0.1) is 10.2 Å². The van der Waals surface area contributed by atoms with E-state index in [-0.39, 0.29) is 11.6 Å². The van der Waals surface area contributed by atoms with E-state index >= 15 is 0 Å². The molecule has 0 aliphatic rings. The summed E-state index contributed by atoms with van der Waals surface area (Å²) in [6.45, 7) is 2.87. The summed E-state index contributed by atoms with van der Waals surface area (Å²) in [5.41, 5.74) is 0.749. The number of carbonyl (C=O) groups excluding carboxylic acids is 1. The Bertz CT molecular complexity index is 633. The first-order valence-electron chi connectivity index (χ1n) is 6.44. The maximum absolute atomic E-state index is 12.1. The molecule has 0 spiro atoms. The maximum Gasteiger partial charge on any atom is 0.276 e. The number of aromatic nitrogens is 2. The number of hydrogen-bond donors (Lipinski definition) is 2. The lowest BCUT2D eigenvalue weighted by Crippen LogP contribution is -2.15. The van der Waals surface area contributed by atoms with E-state index in [1.165, 1.54) is 0 Å². The van der Waals surface area contributed by atoms with Gasteiger partial charge in [-0.1, -0.05) is 34.5 Å². The van der Waals surface area contributed by atoms with Gasteiger partial charge in [0.15, 0.2) is 5.69 Å². The van der Waals surface area contributed by atoms with Crippen LogP contribution < -0.4 is 10.6 Å². The first kappa shape index (κ1) is 15.7. The molecule has 0 aliphatic carbocycles. The number of anilines is 2. The first-order valence-corrected chi connectivity index (χ1v) is 7.61. The van der Waals surface area contributed by atoms with Crippen molar-refractivity contribution >= 4 is 44.9 Å². The molecule has 2 rings (SSSR count). The van der Waals surface area contributed by atoms with Crippen molar-refractivity contribution in [2.45, 2.75) is 13.3 Å². The number of halogens is 2. The normalized spacial score (nSPS) is 10.2. The van der Waals surface area contributed by atoms with E-state index in [9.17, 15) is 4.79 Å². The van der Waals surface area contributed by atoms with Gasteiger partial charge in [-0.3, -0.25) is 4.79 Å². The van der Waals surface area contributed by atoms with Crippen LogP contribution in [0.1, 0.15) is 23.8 Å². The molecule has 7 heteroatoms. The maximum atomic E-state index is 12.1. The number of amides is 1. The fraction of sp³-hybridized carbons (Fsp3) is 0.214. The van der Waals surface area contributed by atoms with Gasteiger partial charge in [0.05, 0.1) is 10.7 Å². The smallest absolute Gasteiger partial charge is 0.276 e. The Morgan fingerprint density at radius 1 is 1.29 bits per heavy atom. The summed E-state index contributed by atoms with van der Waals surface area (Å²) in [4.78, 5) is 12.1. The molecular formula is C14H14BrClN4O. The minimum Gasteiger partial charge on any atom is -0.369 e. The van der Waals surface area contributed by atoms with Crippen molar-refractivity contribution in [3.05, 3.63) is 45.5 Å². The fourth-order valence-electron chi connectivity index (χ4n) is 1.58. The lowest BCUT2D eigenvalue weighted by molar-refractivity contribution is 0.102. The molecule has 0 radical (unpaired) electrons. The summed E-state index contributed by atoms with van der Waals surface area (Å²) in [5.74, 6) is 0.290. The Hall–Kier alpha value is -1.66. The molecule has 1 aromatic heterocycles. The SMILES string of the molecule is CCCNc1ccc(C(=O)Nc2cc(Br)ccc2Cl)nn1. The second kappa shape index (κ2) is 7.38. The van der Waals surface area contributed by atoms with Crippen molar-refractivity contribution in [2.75, 3.05) is 17.2 Å². The summed E-state index contributed by atoms with van der Waals surface area (Å²) in [6.07, 6.45) is 0.991. The number of carbonyl (C=O) groups is 1. The van der Waals surface area contributed by atoms with Gasteiger partial charge in [0.25, 0.3) is 5.91 Å². The zero-order valence-corrected chi connectivity index (χ0v) is 13.7. The summed E-state index contributed by atoms with van der Waals surface area (Å²) >= 11 is 9.36. The van der Waals surface area contributed by atoms with Crippen molar-refractivity contribution < 1.29 is 4.79 Å². The molecule has 1 amide bonds. The third-order valence-electron chi connectivity index (χ3n) is 2.63. The van der Waals surface area contributed by atoms with E-state index in [4.69, 9.17) is 11.6 Å². The second-order valence-electron chi connectivity index (χ2n) is 4.31. The zero-order valence-electron chi connectivity index (χ0n) is 11.4. The quantitative estimate of drug-likeness (QED) is 0.837. The van der Waals surface area contributed by atoms with Gasteiger partial charge in [0.2, 0.25) is 0 Å². The standard InChI is InChI=1S/C14H14BrClN4O/c1-2-7-17-13-6-5-11(19-20-13)14(21)18-12-8-9(15)3-4-10(12)16/h3-6,8H,2,7H2,1H3,(H,17,20)(H,18,21).